The van der Waals surface area contributed by atoms with E-state index < -0.39 is 12.0 Å². The van der Waals surface area contributed by atoms with E-state index in [1.54, 1.807) is 4.90 Å². The van der Waals surface area contributed by atoms with E-state index in [2.05, 4.69) is 19.2 Å². The Morgan fingerprint density at radius 2 is 2.00 bits per heavy atom. The number of carbonyl (C=O) groups excluding carboxylic acids is 1. The molecular weight excluding hydrogens is 268 g/mol. The molecule has 0 aromatic rings. The molecule has 1 rings (SSSR count). The SMILES string of the molecule is CCCCC(NC(=O)N1CCCC(C(C)C)CC1)C(=O)O. The summed E-state index contributed by atoms with van der Waals surface area (Å²) in [5, 5.41) is 11.9. The average Bonchev–Trinajstić information content (AvgIpc) is 2.68. The van der Waals surface area contributed by atoms with Gasteiger partial charge in [0.2, 0.25) is 0 Å². The number of hydrogen-bond acceptors (Lipinski definition) is 2. The lowest BCUT2D eigenvalue weighted by atomic mass is 9.89. The van der Waals surface area contributed by atoms with Gasteiger partial charge in [-0.15, -0.1) is 0 Å². The predicted molar refractivity (Wildman–Crippen MR) is 83.2 cm³/mol. The van der Waals surface area contributed by atoms with Crippen molar-refractivity contribution in [2.24, 2.45) is 11.8 Å². The molecule has 2 amide bonds. The zero-order chi connectivity index (χ0) is 15.8. The monoisotopic (exact) mass is 298 g/mol. The summed E-state index contributed by atoms with van der Waals surface area (Å²) in [7, 11) is 0. The predicted octanol–water partition coefficient (Wildman–Crippen LogP) is 3.10. The zero-order valence-electron chi connectivity index (χ0n) is 13.6. The fourth-order valence-electron chi connectivity index (χ4n) is 2.90. The highest BCUT2D eigenvalue weighted by Gasteiger charge is 2.25. The molecule has 1 heterocycles. The number of amides is 2. The molecule has 1 aliphatic heterocycles. The molecule has 0 bridgehead atoms. The van der Waals surface area contributed by atoms with Gasteiger partial charge < -0.3 is 15.3 Å². The Morgan fingerprint density at radius 3 is 2.57 bits per heavy atom. The number of nitrogens with zero attached hydrogens (tertiary/aromatic N) is 1. The molecule has 0 aromatic carbocycles. The van der Waals surface area contributed by atoms with Crippen LogP contribution in [0.2, 0.25) is 0 Å². The molecule has 122 valence electrons. The van der Waals surface area contributed by atoms with Crippen molar-refractivity contribution in [3.05, 3.63) is 0 Å². The van der Waals surface area contributed by atoms with E-state index in [1.807, 2.05) is 6.92 Å². The van der Waals surface area contributed by atoms with Crippen molar-refractivity contribution in [1.29, 1.82) is 0 Å². The van der Waals surface area contributed by atoms with Crippen LogP contribution in [0.5, 0.6) is 0 Å². The van der Waals surface area contributed by atoms with Crippen molar-refractivity contribution >= 4 is 12.0 Å². The first-order valence-corrected chi connectivity index (χ1v) is 8.24. The van der Waals surface area contributed by atoms with Crippen LogP contribution in [0, 0.1) is 11.8 Å². The Kier molecular flexibility index (Phi) is 7.54. The largest absolute Gasteiger partial charge is 0.480 e. The van der Waals surface area contributed by atoms with Gasteiger partial charge in [0, 0.05) is 13.1 Å². The van der Waals surface area contributed by atoms with Crippen LogP contribution < -0.4 is 5.32 Å². The molecule has 2 unspecified atom stereocenters. The van der Waals surface area contributed by atoms with Crippen molar-refractivity contribution in [2.75, 3.05) is 13.1 Å². The number of unbranched alkanes of at least 4 members (excludes halogenated alkanes) is 1. The van der Waals surface area contributed by atoms with Gasteiger partial charge in [0.1, 0.15) is 6.04 Å². The quantitative estimate of drug-likeness (QED) is 0.791. The van der Waals surface area contributed by atoms with Gasteiger partial charge in [-0.05, 0) is 37.5 Å². The van der Waals surface area contributed by atoms with E-state index in [-0.39, 0.29) is 6.03 Å². The fraction of sp³-hybridized carbons (Fsp3) is 0.875. The van der Waals surface area contributed by atoms with Crippen molar-refractivity contribution < 1.29 is 14.7 Å². The Bertz CT molecular complexity index is 344. The highest BCUT2D eigenvalue weighted by Crippen LogP contribution is 2.24. The minimum absolute atomic E-state index is 0.220. The topological polar surface area (TPSA) is 69.6 Å². The number of carboxylic acids is 1. The first-order valence-electron chi connectivity index (χ1n) is 8.24. The average molecular weight is 298 g/mol. The summed E-state index contributed by atoms with van der Waals surface area (Å²) in [6.07, 6.45) is 5.41. The van der Waals surface area contributed by atoms with Crippen LogP contribution in [-0.2, 0) is 4.79 Å². The maximum absolute atomic E-state index is 12.3. The highest BCUT2D eigenvalue weighted by atomic mass is 16.4. The van der Waals surface area contributed by atoms with Gasteiger partial charge in [0.05, 0.1) is 0 Å². The number of aliphatic carboxylic acids is 1. The van der Waals surface area contributed by atoms with E-state index in [0.29, 0.717) is 18.3 Å². The van der Waals surface area contributed by atoms with Crippen molar-refractivity contribution in [3.63, 3.8) is 0 Å². The molecule has 2 N–H and O–H groups in total. The Balaban J connectivity index is 2.51. The molecule has 2 atom stereocenters. The van der Waals surface area contributed by atoms with Crippen LogP contribution in [0.1, 0.15) is 59.3 Å². The summed E-state index contributed by atoms with van der Waals surface area (Å²) in [6, 6.07) is -0.982. The first kappa shape index (κ1) is 17.8. The lowest BCUT2D eigenvalue weighted by molar-refractivity contribution is -0.139. The zero-order valence-corrected chi connectivity index (χ0v) is 13.6. The number of carbonyl (C=O) groups is 2. The molecule has 0 saturated carbocycles. The first-order chi connectivity index (χ1) is 9.95. The summed E-state index contributed by atoms with van der Waals surface area (Å²) in [5.41, 5.74) is 0. The molecule has 1 fully saturated rings. The highest BCUT2D eigenvalue weighted by molar-refractivity contribution is 5.82. The fourth-order valence-corrected chi connectivity index (χ4v) is 2.90. The van der Waals surface area contributed by atoms with Gasteiger partial charge in [0.25, 0.3) is 0 Å². The van der Waals surface area contributed by atoms with E-state index in [1.165, 1.54) is 0 Å². The third-order valence-electron chi connectivity index (χ3n) is 4.44. The third kappa shape index (κ3) is 5.94. The lowest BCUT2D eigenvalue weighted by Crippen LogP contribution is -2.48. The molecule has 1 saturated heterocycles. The minimum atomic E-state index is -0.938. The molecule has 21 heavy (non-hydrogen) atoms. The van der Waals surface area contributed by atoms with E-state index in [0.717, 1.165) is 45.2 Å². The van der Waals surface area contributed by atoms with Crippen LogP contribution in [0.25, 0.3) is 0 Å². The molecule has 0 spiro atoms. The van der Waals surface area contributed by atoms with Gasteiger partial charge in [-0.3, -0.25) is 0 Å². The number of rotatable bonds is 6. The summed E-state index contributed by atoms with van der Waals surface area (Å²) >= 11 is 0. The Morgan fingerprint density at radius 1 is 1.29 bits per heavy atom. The summed E-state index contributed by atoms with van der Waals surface area (Å²) in [6.45, 7) is 7.93. The maximum atomic E-state index is 12.3. The molecule has 1 aliphatic rings. The summed E-state index contributed by atoms with van der Waals surface area (Å²) < 4.78 is 0. The maximum Gasteiger partial charge on any atom is 0.326 e. The number of urea groups is 1. The normalized spacial score (nSPS) is 21.0. The number of likely N-dealkylation sites (tertiary alicyclic amines) is 1. The molecule has 0 radical (unpaired) electrons. The van der Waals surface area contributed by atoms with Crippen LogP contribution in [0.15, 0.2) is 0 Å². The van der Waals surface area contributed by atoms with Gasteiger partial charge in [-0.1, -0.05) is 33.6 Å². The van der Waals surface area contributed by atoms with Crippen LogP contribution in [0.3, 0.4) is 0 Å². The molecule has 0 aliphatic carbocycles. The second-order valence-electron chi connectivity index (χ2n) is 6.40. The number of carboxylic acid groups (broad SMARTS) is 1. The lowest BCUT2D eigenvalue weighted by Gasteiger charge is -2.24. The third-order valence-corrected chi connectivity index (χ3v) is 4.44. The van der Waals surface area contributed by atoms with Gasteiger partial charge in [0.15, 0.2) is 0 Å². The van der Waals surface area contributed by atoms with Crippen molar-refractivity contribution in [1.82, 2.24) is 10.2 Å². The van der Waals surface area contributed by atoms with Gasteiger partial charge >= 0.3 is 12.0 Å². The summed E-state index contributed by atoms with van der Waals surface area (Å²) in [5.74, 6) is 0.370. The molecular formula is C16H30N2O3. The van der Waals surface area contributed by atoms with E-state index >= 15 is 0 Å². The van der Waals surface area contributed by atoms with Crippen LogP contribution in [0.4, 0.5) is 4.79 Å². The second kappa shape index (κ2) is 8.90. The Hall–Kier alpha value is -1.26. The van der Waals surface area contributed by atoms with Gasteiger partial charge in [-0.25, -0.2) is 9.59 Å². The van der Waals surface area contributed by atoms with Crippen LogP contribution >= 0.6 is 0 Å². The van der Waals surface area contributed by atoms with Gasteiger partial charge in [-0.2, -0.15) is 0 Å². The number of nitrogens with one attached hydrogen (secondary N) is 1. The van der Waals surface area contributed by atoms with Crippen LogP contribution in [-0.4, -0.2) is 41.1 Å². The molecule has 5 nitrogen and oxygen atoms in total. The molecule has 5 heteroatoms. The van der Waals surface area contributed by atoms with Crippen molar-refractivity contribution in [3.8, 4) is 0 Å². The molecule has 0 aromatic heterocycles. The summed E-state index contributed by atoms with van der Waals surface area (Å²) in [4.78, 5) is 25.2. The van der Waals surface area contributed by atoms with Crippen molar-refractivity contribution in [2.45, 2.75) is 65.3 Å². The number of hydrogen-bond donors (Lipinski definition) is 2. The standard InChI is InChI=1S/C16H30N2O3/c1-4-5-8-14(15(19)20)17-16(21)18-10-6-7-13(9-11-18)12(2)3/h12-14H,4-11H2,1-3H3,(H,17,21)(H,19,20). The Labute approximate surface area is 128 Å². The smallest absolute Gasteiger partial charge is 0.326 e. The second-order valence-corrected chi connectivity index (χ2v) is 6.40. The minimum Gasteiger partial charge on any atom is -0.480 e. The van der Waals surface area contributed by atoms with E-state index in [9.17, 15) is 14.7 Å². The van der Waals surface area contributed by atoms with E-state index in [4.69, 9.17) is 0 Å².